The summed E-state index contributed by atoms with van der Waals surface area (Å²) in [5.41, 5.74) is 2.46. The third-order valence-corrected chi connectivity index (χ3v) is 1.90. The van der Waals surface area contributed by atoms with Crippen molar-refractivity contribution in [1.82, 2.24) is 5.16 Å². The Kier molecular flexibility index (Phi) is 1.59. The molecule has 0 aliphatic carbocycles. The molecule has 0 unspecified atom stereocenters. The van der Waals surface area contributed by atoms with E-state index in [2.05, 4.69) is 5.16 Å². The molecule has 62 valence electrons. The van der Waals surface area contributed by atoms with E-state index in [4.69, 9.17) is 9.63 Å². The number of aryl methyl sites for hydroxylation is 1. The van der Waals surface area contributed by atoms with Crippen molar-refractivity contribution in [3.05, 3.63) is 29.5 Å². The average Bonchev–Trinajstić information content (AvgIpc) is 2.47. The topological polar surface area (TPSA) is 46.3 Å². The summed E-state index contributed by atoms with van der Waals surface area (Å²) in [6, 6.07) is 5.58. The minimum absolute atomic E-state index is 0.0374. The predicted octanol–water partition coefficient (Wildman–Crippen LogP) is 1.63. The molecule has 1 heterocycles. The summed E-state index contributed by atoms with van der Waals surface area (Å²) < 4.78 is 5.03. The first-order valence-electron chi connectivity index (χ1n) is 3.77. The average molecular weight is 163 g/mol. The van der Waals surface area contributed by atoms with Gasteiger partial charge in [0.15, 0.2) is 5.58 Å². The zero-order chi connectivity index (χ0) is 8.55. The number of benzene rings is 1. The van der Waals surface area contributed by atoms with Crippen LogP contribution in [0.3, 0.4) is 0 Å². The molecule has 0 radical (unpaired) electrons. The zero-order valence-electron chi connectivity index (χ0n) is 6.74. The smallest absolute Gasteiger partial charge is 0.167 e. The molecule has 2 rings (SSSR count). The Labute approximate surface area is 69.6 Å². The molecule has 0 saturated carbocycles. The van der Waals surface area contributed by atoms with Crippen LogP contribution >= 0.6 is 0 Å². The zero-order valence-corrected chi connectivity index (χ0v) is 6.74. The molecule has 2 aromatic rings. The minimum Gasteiger partial charge on any atom is -0.392 e. The second kappa shape index (κ2) is 2.60. The van der Waals surface area contributed by atoms with Gasteiger partial charge in [0.2, 0.25) is 0 Å². The van der Waals surface area contributed by atoms with E-state index in [-0.39, 0.29) is 6.61 Å². The highest BCUT2D eigenvalue weighted by Gasteiger charge is 2.03. The van der Waals surface area contributed by atoms with Gasteiger partial charge in [0.05, 0.1) is 12.3 Å². The van der Waals surface area contributed by atoms with E-state index in [1.54, 1.807) is 6.07 Å². The van der Waals surface area contributed by atoms with Gasteiger partial charge in [0.1, 0.15) is 0 Å². The molecule has 0 saturated heterocycles. The molecule has 0 bridgehead atoms. The number of aromatic nitrogens is 1. The molecule has 3 nitrogen and oxygen atoms in total. The highest BCUT2D eigenvalue weighted by molar-refractivity contribution is 5.79. The Morgan fingerprint density at radius 3 is 3.08 bits per heavy atom. The van der Waals surface area contributed by atoms with Crippen LogP contribution in [0.15, 0.2) is 22.7 Å². The van der Waals surface area contributed by atoms with E-state index in [0.717, 1.165) is 22.2 Å². The van der Waals surface area contributed by atoms with E-state index < -0.39 is 0 Å². The van der Waals surface area contributed by atoms with Crippen LogP contribution < -0.4 is 0 Å². The number of aliphatic hydroxyl groups is 1. The van der Waals surface area contributed by atoms with Gasteiger partial charge < -0.3 is 9.63 Å². The van der Waals surface area contributed by atoms with Gasteiger partial charge in [-0.25, -0.2) is 0 Å². The molecule has 0 atom stereocenters. The maximum atomic E-state index is 8.84. The summed E-state index contributed by atoms with van der Waals surface area (Å²) in [5.74, 6) is 0. The second-order valence-electron chi connectivity index (χ2n) is 2.76. The van der Waals surface area contributed by atoms with E-state index in [1.807, 2.05) is 19.1 Å². The minimum atomic E-state index is 0.0374. The monoisotopic (exact) mass is 163 g/mol. The summed E-state index contributed by atoms with van der Waals surface area (Å²) in [6.07, 6.45) is 0. The third kappa shape index (κ3) is 0.987. The van der Waals surface area contributed by atoms with Crippen LogP contribution in [-0.2, 0) is 6.61 Å². The van der Waals surface area contributed by atoms with Crippen molar-refractivity contribution in [3.8, 4) is 0 Å². The molecule has 0 aliphatic rings. The van der Waals surface area contributed by atoms with Gasteiger partial charge in [0.25, 0.3) is 0 Å². The molecular weight excluding hydrogens is 154 g/mol. The molecule has 1 aromatic heterocycles. The Morgan fingerprint density at radius 1 is 1.50 bits per heavy atom. The van der Waals surface area contributed by atoms with Crippen LogP contribution in [0.1, 0.15) is 11.3 Å². The normalized spacial score (nSPS) is 10.8. The lowest BCUT2D eigenvalue weighted by molar-refractivity contribution is 0.281. The Hall–Kier alpha value is -1.35. The van der Waals surface area contributed by atoms with Crippen LogP contribution in [0.2, 0.25) is 0 Å². The lowest BCUT2D eigenvalue weighted by Crippen LogP contribution is -1.80. The first kappa shape index (κ1) is 7.31. The maximum Gasteiger partial charge on any atom is 0.167 e. The van der Waals surface area contributed by atoms with Gasteiger partial charge in [-0.3, -0.25) is 0 Å². The summed E-state index contributed by atoms with van der Waals surface area (Å²) in [4.78, 5) is 0. The standard InChI is InChI=1S/C9H9NO2/c1-6-8-3-2-7(5-11)4-9(8)12-10-6/h2-4,11H,5H2,1H3. The van der Waals surface area contributed by atoms with Gasteiger partial charge in [-0.2, -0.15) is 0 Å². The van der Waals surface area contributed by atoms with Crippen molar-refractivity contribution < 1.29 is 9.63 Å². The van der Waals surface area contributed by atoms with E-state index >= 15 is 0 Å². The Balaban J connectivity index is 2.69. The van der Waals surface area contributed by atoms with E-state index in [9.17, 15) is 0 Å². The lowest BCUT2D eigenvalue weighted by Gasteiger charge is -1.93. The molecule has 0 spiro atoms. The highest BCUT2D eigenvalue weighted by Crippen LogP contribution is 2.18. The van der Waals surface area contributed by atoms with Gasteiger partial charge in [0, 0.05) is 5.39 Å². The summed E-state index contributed by atoms with van der Waals surface area (Å²) in [5, 5.41) is 13.7. The van der Waals surface area contributed by atoms with Crippen molar-refractivity contribution in [3.63, 3.8) is 0 Å². The van der Waals surface area contributed by atoms with Crippen molar-refractivity contribution in [2.24, 2.45) is 0 Å². The number of hydrogen-bond acceptors (Lipinski definition) is 3. The summed E-state index contributed by atoms with van der Waals surface area (Å²) in [6.45, 7) is 1.93. The van der Waals surface area contributed by atoms with Crippen molar-refractivity contribution in [2.45, 2.75) is 13.5 Å². The van der Waals surface area contributed by atoms with Gasteiger partial charge in [-0.05, 0) is 24.6 Å². The van der Waals surface area contributed by atoms with Crippen LogP contribution in [-0.4, -0.2) is 10.3 Å². The van der Waals surface area contributed by atoms with Gasteiger partial charge in [-0.1, -0.05) is 11.2 Å². The first-order chi connectivity index (χ1) is 5.81. The molecule has 12 heavy (non-hydrogen) atoms. The van der Waals surface area contributed by atoms with Crippen molar-refractivity contribution in [1.29, 1.82) is 0 Å². The largest absolute Gasteiger partial charge is 0.392 e. The maximum absolute atomic E-state index is 8.84. The van der Waals surface area contributed by atoms with Gasteiger partial charge in [-0.15, -0.1) is 0 Å². The quantitative estimate of drug-likeness (QED) is 0.695. The van der Waals surface area contributed by atoms with Crippen LogP contribution in [0.4, 0.5) is 0 Å². The number of aliphatic hydroxyl groups excluding tert-OH is 1. The van der Waals surface area contributed by atoms with E-state index in [1.165, 1.54) is 0 Å². The first-order valence-corrected chi connectivity index (χ1v) is 3.77. The number of nitrogens with zero attached hydrogens (tertiary/aromatic N) is 1. The molecule has 0 fully saturated rings. The molecule has 1 N–H and O–H groups in total. The lowest BCUT2D eigenvalue weighted by atomic mass is 10.1. The highest BCUT2D eigenvalue weighted by atomic mass is 16.5. The van der Waals surface area contributed by atoms with Crippen LogP contribution in [0, 0.1) is 6.92 Å². The van der Waals surface area contributed by atoms with E-state index in [0.29, 0.717) is 0 Å². The molecule has 1 aromatic carbocycles. The Bertz CT molecular complexity index is 406. The SMILES string of the molecule is Cc1noc2cc(CO)ccc12. The second-order valence-corrected chi connectivity index (χ2v) is 2.76. The number of fused-ring (bicyclic) bond motifs is 1. The van der Waals surface area contributed by atoms with Crippen LogP contribution in [0.5, 0.6) is 0 Å². The number of hydrogen-bond donors (Lipinski definition) is 1. The number of rotatable bonds is 1. The summed E-state index contributed by atoms with van der Waals surface area (Å²) >= 11 is 0. The molecule has 3 heteroatoms. The fourth-order valence-corrected chi connectivity index (χ4v) is 1.21. The fraction of sp³-hybridized carbons (Fsp3) is 0.222. The fourth-order valence-electron chi connectivity index (χ4n) is 1.21. The van der Waals surface area contributed by atoms with Gasteiger partial charge >= 0.3 is 0 Å². The third-order valence-electron chi connectivity index (χ3n) is 1.90. The van der Waals surface area contributed by atoms with Crippen molar-refractivity contribution >= 4 is 11.0 Å². The molecule has 0 amide bonds. The Morgan fingerprint density at radius 2 is 2.33 bits per heavy atom. The molecular formula is C9H9NO2. The summed E-state index contributed by atoms with van der Waals surface area (Å²) in [7, 11) is 0. The molecule has 0 aliphatic heterocycles. The van der Waals surface area contributed by atoms with Crippen LogP contribution in [0.25, 0.3) is 11.0 Å². The van der Waals surface area contributed by atoms with Crippen molar-refractivity contribution in [2.75, 3.05) is 0 Å². The predicted molar refractivity (Wildman–Crippen MR) is 44.7 cm³/mol.